The van der Waals surface area contributed by atoms with Crippen molar-refractivity contribution in [3.05, 3.63) is 53.6 Å². The quantitative estimate of drug-likeness (QED) is 0.883. The van der Waals surface area contributed by atoms with E-state index in [2.05, 4.69) is 22.6 Å². The highest BCUT2D eigenvalue weighted by Crippen LogP contribution is 2.40. The van der Waals surface area contributed by atoms with Gasteiger partial charge in [-0.25, -0.2) is 9.83 Å². The van der Waals surface area contributed by atoms with E-state index in [9.17, 15) is 0 Å². The molecule has 0 amide bonds. The van der Waals surface area contributed by atoms with E-state index in [0.717, 1.165) is 17.0 Å². The molecule has 1 aliphatic heterocycles. The van der Waals surface area contributed by atoms with Crippen molar-refractivity contribution in [2.24, 2.45) is 4.99 Å². The van der Waals surface area contributed by atoms with Crippen molar-refractivity contribution >= 4 is 5.84 Å². The molecule has 24 heavy (non-hydrogen) atoms. The fraction of sp³-hybridized carbons (Fsp3) is 0.278. The SMILES string of the molecule is COc1cc(C2N=C(Cc3ccccc3)NO2)cc(OC)c1OC. The van der Waals surface area contributed by atoms with Crippen molar-refractivity contribution in [2.45, 2.75) is 12.6 Å². The summed E-state index contributed by atoms with van der Waals surface area (Å²) in [5.41, 5.74) is 4.88. The number of nitrogens with one attached hydrogen (secondary N) is 1. The highest BCUT2D eigenvalue weighted by molar-refractivity contribution is 5.84. The van der Waals surface area contributed by atoms with Gasteiger partial charge in [0.2, 0.25) is 12.0 Å². The van der Waals surface area contributed by atoms with Gasteiger partial charge in [0.1, 0.15) is 5.84 Å². The van der Waals surface area contributed by atoms with Gasteiger partial charge in [0.15, 0.2) is 11.5 Å². The minimum Gasteiger partial charge on any atom is -0.493 e. The van der Waals surface area contributed by atoms with Crippen molar-refractivity contribution in [3.63, 3.8) is 0 Å². The number of amidine groups is 1. The van der Waals surface area contributed by atoms with Gasteiger partial charge in [-0.1, -0.05) is 30.3 Å². The first-order valence-electron chi connectivity index (χ1n) is 7.57. The molecule has 126 valence electrons. The van der Waals surface area contributed by atoms with Gasteiger partial charge < -0.3 is 14.2 Å². The Morgan fingerprint density at radius 1 is 1.00 bits per heavy atom. The van der Waals surface area contributed by atoms with Crippen LogP contribution in [0.5, 0.6) is 17.2 Å². The molecule has 1 aliphatic rings. The van der Waals surface area contributed by atoms with E-state index in [-0.39, 0.29) is 0 Å². The standard InChI is InChI=1S/C18H20N2O4/c1-21-14-10-13(11-15(22-2)17(14)23-3)18-19-16(20-24-18)9-12-7-5-4-6-8-12/h4-8,10-11,18H,9H2,1-3H3,(H,19,20). The smallest absolute Gasteiger partial charge is 0.203 e. The summed E-state index contributed by atoms with van der Waals surface area (Å²) in [7, 11) is 4.74. The summed E-state index contributed by atoms with van der Waals surface area (Å²) < 4.78 is 16.1. The van der Waals surface area contributed by atoms with Gasteiger partial charge in [0.25, 0.3) is 0 Å². The summed E-state index contributed by atoms with van der Waals surface area (Å²) in [6.07, 6.45) is 0.222. The molecular formula is C18H20N2O4. The fourth-order valence-electron chi connectivity index (χ4n) is 2.58. The van der Waals surface area contributed by atoms with Crippen LogP contribution in [0.1, 0.15) is 17.4 Å². The van der Waals surface area contributed by atoms with E-state index in [1.165, 1.54) is 0 Å². The number of hydroxylamine groups is 1. The average molecular weight is 328 g/mol. The number of methoxy groups -OCH3 is 3. The van der Waals surface area contributed by atoms with Gasteiger partial charge >= 0.3 is 0 Å². The number of hydrogen-bond donors (Lipinski definition) is 1. The maximum atomic E-state index is 5.59. The highest BCUT2D eigenvalue weighted by Gasteiger charge is 2.23. The zero-order valence-electron chi connectivity index (χ0n) is 13.9. The van der Waals surface area contributed by atoms with Crippen LogP contribution in [-0.2, 0) is 11.3 Å². The highest BCUT2D eigenvalue weighted by atomic mass is 16.7. The van der Waals surface area contributed by atoms with Crippen LogP contribution in [-0.4, -0.2) is 27.2 Å². The second kappa shape index (κ2) is 7.23. The van der Waals surface area contributed by atoms with Crippen molar-refractivity contribution in [1.82, 2.24) is 5.48 Å². The third kappa shape index (κ3) is 3.28. The molecular weight excluding hydrogens is 308 g/mol. The Morgan fingerprint density at radius 2 is 1.67 bits per heavy atom. The molecule has 6 nitrogen and oxygen atoms in total. The zero-order valence-corrected chi connectivity index (χ0v) is 13.9. The lowest BCUT2D eigenvalue weighted by atomic mass is 10.1. The van der Waals surface area contributed by atoms with E-state index < -0.39 is 6.23 Å². The zero-order chi connectivity index (χ0) is 16.9. The molecule has 1 atom stereocenters. The van der Waals surface area contributed by atoms with Crippen LogP contribution in [0, 0.1) is 0 Å². The molecule has 6 heteroatoms. The molecule has 1 heterocycles. The molecule has 0 radical (unpaired) electrons. The Bertz CT molecular complexity index is 706. The second-order valence-electron chi connectivity index (χ2n) is 5.27. The van der Waals surface area contributed by atoms with Crippen LogP contribution in [0.3, 0.4) is 0 Å². The summed E-state index contributed by atoms with van der Waals surface area (Å²) in [6.45, 7) is 0. The minimum absolute atomic E-state index is 0.461. The van der Waals surface area contributed by atoms with Gasteiger partial charge in [-0.15, -0.1) is 0 Å². The number of benzene rings is 2. The Labute approximate surface area is 141 Å². The molecule has 0 saturated carbocycles. The van der Waals surface area contributed by atoms with Crippen LogP contribution in [0.4, 0.5) is 0 Å². The van der Waals surface area contributed by atoms with Crippen molar-refractivity contribution in [3.8, 4) is 17.2 Å². The molecule has 1 unspecified atom stereocenters. The van der Waals surface area contributed by atoms with Crippen molar-refractivity contribution in [1.29, 1.82) is 0 Å². The molecule has 3 rings (SSSR count). The molecule has 2 aromatic rings. The molecule has 0 aromatic heterocycles. The maximum absolute atomic E-state index is 5.59. The number of nitrogens with zero attached hydrogens (tertiary/aromatic N) is 1. The van der Waals surface area contributed by atoms with E-state index in [1.807, 2.05) is 30.3 Å². The predicted octanol–water partition coefficient (Wildman–Crippen LogP) is 2.89. The summed E-state index contributed by atoms with van der Waals surface area (Å²) in [5, 5.41) is 0. The fourth-order valence-corrected chi connectivity index (χ4v) is 2.58. The molecule has 0 spiro atoms. The molecule has 0 saturated heterocycles. The van der Waals surface area contributed by atoms with Crippen LogP contribution < -0.4 is 19.7 Å². The summed E-state index contributed by atoms with van der Waals surface area (Å²) in [6, 6.07) is 13.8. The van der Waals surface area contributed by atoms with Gasteiger partial charge in [-0.2, -0.15) is 0 Å². The van der Waals surface area contributed by atoms with E-state index in [1.54, 1.807) is 21.3 Å². The third-order valence-electron chi connectivity index (χ3n) is 3.75. The van der Waals surface area contributed by atoms with Crippen LogP contribution in [0.25, 0.3) is 0 Å². The molecule has 1 N–H and O–H groups in total. The van der Waals surface area contributed by atoms with Crippen LogP contribution in [0.15, 0.2) is 47.5 Å². The Balaban J connectivity index is 1.84. The lowest BCUT2D eigenvalue weighted by molar-refractivity contribution is 0.0368. The normalized spacial score (nSPS) is 16.3. The van der Waals surface area contributed by atoms with Gasteiger partial charge in [0.05, 0.1) is 21.3 Å². The first-order valence-corrected chi connectivity index (χ1v) is 7.57. The average Bonchev–Trinajstić information content (AvgIpc) is 3.09. The lowest BCUT2D eigenvalue weighted by Gasteiger charge is -2.15. The Kier molecular flexibility index (Phi) is 4.86. The first-order chi connectivity index (χ1) is 11.7. The number of rotatable bonds is 6. The monoisotopic (exact) mass is 328 g/mol. The topological polar surface area (TPSA) is 61.3 Å². The minimum atomic E-state index is -0.461. The predicted molar refractivity (Wildman–Crippen MR) is 90.6 cm³/mol. The summed E-state index contributed by atoms with van der Waals surface area (Å²) in [4.78, 5) is 10.2. The number of hydrogen-bond acceptors (Lipinski definition) is 6. The Hall–Kier alpha value is -2.73. The van der Waals surface area contributed by atoms with E-state index in [0.29, 0.717) is 23.7 Å². The molecule has 2 aromatic carbocycles. The largest absolute Gasteiger partial charge is 0.493 e. The number of aliphatic imine (C=N–C) groups is 1. The van der Waals surface area contributed by atoms with Gasteiger partial charge in [-0.05, 0) is 17.7 Å². The van der Waals surface area contributed by atoms with Crippen molar-refractivity contribution in [2.75, 3.05) is 21.3 Å². The van der Waals surface area contributed by atoms with E-state index >= 15 is 0 Å². The van der Waals surface area contributed by atoms with Crippen LogP contribution >= 0.6 is 0 Å². The Morgan fingerprint density at radius 3 is 2.25 bits per heavy atom. The first kappa shape index (κ1) is 16.1. The lowest BCUT2D eigenvalue weighted by Crippen LogP contribution is -2.19. The molecule has 0 fully saturated rings. The van der Waals surface area contributed by atoms with Gasteiger partial charge in [-0.3, -0.25) is 5.48 Å². The van der Waals surface area contributed by atoms with Gasteiger partial charge in [0, 0.05) is 12.0 Å². The number of ether oxygens (including phenoxy) is 3. The summed E-state index contributed by atoms with van der Waals surface area (Å²) >= 11 is 0. The third-order valence-corrected chi connectivity index (χ3v) is 3.75. The summed E-state index contributed by atoms with van der Waals surface area (Å²) in [5.74, 6) is 2.47. The molecule has 0 bridgehead atoms. The second-order valence-corrected chi connectivity index (χ2v) is 5.27. The molecule has 0 aliphatic carbocycles. The van der Waals surface area contributed by atoms with Crippen molar-refractivity contribution < 1.29 is 19.0 Å². The maximum Gasteiger partial charge on any atom is 0.203 e. The van der Waals surface area contributed by atoms with Crippen LogP contribution in [0.2, 0.25) is 0 Å². The van der Waals surface area contributed by atoms with E-state index in [4.69, 9.17) is 19.0 Å².